The first-order valence-electron chi connectivity index (χ1n) is 5.77. The number of aromatic nitrogens is 2. The second-order valence-corrected chi connectivity index (χ2v) is 4.61. The number of hydrogen-bond acceptors (Lipinski definition) is 1. The molecule has 0 radical (unpaired) electrons. The molecule has 15 heavy (non-hydrogen) atoms. The second kappa shape index (κ2) is 3.95. The van der Waals surface area contributed by atoms with Crippen LogP contribution in [0.25, 0.3) is 0 Å². The van der Waals surface area contributed by atoms with Crippen molar-refractivity contribution in [2.75, 3.05) is 0 Å². The van der Waals surface area contributed by atoms with E-state index >= 15 is 0 Å². The van der Waals surface area contributed by atoms with Crippen molar-refractivity contribution in [2.24, 2.45) is 0 Å². The fourth-order valence-electron chi connectivity index (χ4n) is 2.41. The molecule has 0 unspecified atom stereocenters. The van der Waals surface area contributed by atoms with Crippen LogP contribution in [0.15, 0.2) is 0 Å². The Morgan fingerprint density at radius 3 is 2.40 bits per heavy atom. The fraction of sp³-hybridized carbons (Fsp3) is 0.750. The second-order valence-electron chi connectivity index (χ2n) is 4.61. The third kappa shape index (κ3) is 1.80. The molecule has 1 aliphatic rings. The van der Waals surface area contributed by atoms with Crippen LogP contribution in [0.3, 0.4) is 0 Å². The highest BCUT2D eigenvalue weighted by Crippen LogP contribution is 2.32. The van der Waals surface area contributed by atoms with Gasteiger partial charge in [0, 0.05) is 5.69 Å². The number of hydrogen-bond donors (Lipinski definition) is 0. The first-order valence-corrected chi connectivity index (χ1v) is 5.77. The predicted molar refractivity (Wildman–Crippen MR) is 58.8 cm³/mol. The van der Waals surface area contributed by atoms with E-state index in [9.17, 15) is 4.39 Å². The van der Waals surface area contributed by atoms with Crippen LogP contribution in [0.5, 0.6) is 0 Å². The number of rotatable bonds is 1. The van der Waals surface area contributed by atoms with Crippen molar-refractivity contribution in [3.8, 4) is 0 Å². The monoisotopic (exact) mass is 210 g/mol. The van der Waals surface area contributed by atoms with Gasteiger partial charge in [0.1, 0.15) is 6.17 Å². The molecule has 84 valence electrons. The maximum atomic E-state index is 13.8. The number of nitrogens with zero attached hydrogens (tertiary/aromatic N) is 2. The average Bonchev–Trinajstić information content (AvgIpc) is 2.47. The van der Waals surface area contributed by atoms with Crippen molar-refractivity contribution in [3.63, 3.8) is 0 Å². The van der Waals surface area contributed by atoms with Crippen molar-refractivity contribution in [3.05, 3.63) is 17.0 Å². The molecule has 3 heteroatoms. The van der Waals surface area contributed by atoms with E-state index in [1.165, 1.54) is 5.56 Å². The van der Waals surface area contributed by atoms with Crippen molar-refractivity contribution in [1.29, 1.82) is 0 Å². The Hall–Kier alpha value is -0.860. The molecule has 1 saturated carbocycles. The zero-order valence-electron chi connectivity index (χ0n) is 9.76. The van der Waals surface area contributed by atoms with Crippen LogP contribution in [-0.4, -0.2) is 16.0 Å². The minimum absolute atomic E-state index is 0.0221. The summed E-state index contributed by atoms with van der Waals surface area (Å²) >= 11 is 0. The minimum Gasteiger partial charge on any atom is -0.263 e. The summed E-state index contributed by atoms with van der Waals surface area (Å²) < 4.78 is 15.7. The van der Waals surface area contributed by atoms with Gasteiger partial charge in [-0.1, -0.05) is 12.8 Å². The van der Waals surface area contributed by atoms with Crippen molar-refractivity contribution in [1.82, 2.24) is 9.78 Å². The van der Waals surface area contributed by atoms with Gasteiger partial charge in [0.05, 0.1) is 11.7 Å². The van der Waals surface area contributed by atoms with E-state index in [0.717, 1.165) is 30.7 Å². The van der Waals surface area contributed by atoms with Gasteiger partial charge in [-0.3, -0.25) is 4.68 Å². The topological polar surface area (TPSA) is 17.8 Å². The highest BCUT2D eigenvalue weighted by Gasteiger charge is 2.28. The highest BCUT2D eigenvalue weighted by atomic mass is 19.1. The Balaban J connectivity index is 2.31. The van der Waals surface area contributed by atoms with E-state index in [2.05, 4.69) is 12.0 Å². The molecule has 1 heterocycles. The van der Waals surface area contributed by atoms with Crippen molar-refractivity contribution < 1.29 is 4.39 Å². The number of alkyl halides is 1. The van der Waals surface area contributed by atoms with Crippen molar-refractivity contribution in [2.45, 2.75) is 58.7 Å². The number of aryl methyl sites for hydroxylation is 1. The molecular weight excluding hydrogens is 191 g/mol. The lowest BCUT2D eigenvalue weighted by Crippen LogP contribution is -2.26. The smallest absolute Gasteiger partial charge is 0.122 e. The van der Waals surface area contributed by atoms with Gasteiger partial charge in [0.2, 0.25) is 0 Å². The Morgan fingerprint density at radius 1 is 1.20 bits per heavy atom. The summed E-state index contributed by atoms with van der Waals surface area (Å²) in [4.78, 5) is 0. The van der Waals surface area contributed by atoms with Gasteiger partial charge < -0.3 is 0 Å². The van der Waals surface area contributed by atoms with Crippen LogP contribution in [0.4, 0.5) is 4.39 Å². The molecule has 0 spiro atoms. The fourth-order valence-corrected chi connectivity index (χ4v) is 2.41. The lowest BCUT2D eigenvalue weighted by atomic mass is 9.93. The summed E-state index contributed by atoms with van der Waals surface area (Å²) in [6.07, 6.45) is 3.07. The Kier molecular flexibility index (Phi) is 2.81. The molecule has 0 aliphatic heterocycles. The predicted octanol–water partition coefficient (Wildman–Crippen LogP) is 3.26. The van der Waals surface area contributed by atoms with Crippen LogP contribution in [0.1, 0.15) is 48.7 Å². The van der Waals surface area contributed by atoms with E-state index < -0.39 is 6.17 Å². The summed E-state index contributed by atoms with van der Waals surface area (Å²) in [5.74, 6) is 0. The van der Waals surface area contributed by atoms with E-state index in [4.69, 9.17) is 0 Å². The lowest BCUT2D eigenvalue weighted by molar-refractivity contribution is 0.158. The highest BCUT2D eigenvalue weighted by molar-refractivity contribution is 5.22. The zero-order valence-corrected chi connectivity index (χ0v) is 9.76. The van der Waals surface area contributed by atoms with Crippen LogP contribution < -0.4 is 0 Å². The van der Waals surface area contributed by atoms with E-state index in [1.807, 2.05) is 18.5 Å². The molecule has 1 fully saturated rings. The third-order valence-corrected chi connectivity index (χ3v) is 3.65. The molecule has 0 bridgehead atoms. The maximum absolute atomic E-state index is 13.8. The number of halogens is 1. The van der Waals surface area contributed by atoms with Gasteiger partial charge in [-0.25, -0.2) is 4.39 Å². The van der Waals surface area contributed by atoms with E-state index in [0.29, 0.717) is 6.42 Å². The molecule has 1 aromatic rings. The zero-order chi connectivity index (χ0) is 11.0. The molecule has 1 aromatic heterocycles. The van der Waals surface area contributed by atoms with Crippen LogP contribution in [-0.2, 0) is 0 Å². The Morgan fingerprint density at radius 2 is 1.87 bits per heavy atom. The van der Waals surface area contributed by atoms with Gasteiger partial charge in [0.25, 0.3) is 0 Å². The van der Waals surface area contributed by atoms with Crippen molar-refractivity contribution >= 4 is 0 Å². The first kappa shape index (κ1) is 10.7. The maximum Gasteiger partial charge on any atom is 0.122 e. The molecule has 2 nitrogen and oxygen atoms in total. The van der Waals surface area contributed by atoms with Crippen LogP contribution in [0.2, 0.25) is 0 Å². The van der Waals surface area contributed by atoms with Gasteiger partial charge in [-0.15, -0.1) is 0 Å². The standard InChI is InChI=1S/C12H19FN2/c1-8-9(2)14-15(10(8)3)12-7-5-4-6-11(12)13/h11-12H,4-7H2,1-3H3/t11-,12-/m1/s1. The summed E-state index contributed by atoms with van der Waals surface area (Å²) in [5, 5.41) is 4.46. The summed E-state index contributed by atoms with van der Waals surface area (Å²) in [6, 6.07) is -0.0221. The summed E-state index contributed by atoms with van der Waals surface area (Å²) in [7, 11) is 0. The molecule has 2 atom stereocenters. The molecule has 0 aromatic carbocycles. The van der Waals surface area contributed by atoms with Gasteiger partial charge >= 0.3 is 0 Å². The van der Waals surface area contributed by atoms with Gasteiger partial charge in [-0.2, -0.15) is 5.10 Å². The average molecular weight is 210 g/mol. The third-order valence-electron chi connectivity index (χ3n) is 3.65. The van der Waals surface area contributed by atoms with Crippen LogP contribution >= 0.6 is 0 Å². The summed E-state index contributed by atoms with van der Waals surface area (Å²) in [6.45, 7) is 6.09. The molecule has 2 rings (SSSR count). The van der Waals surface area contributed by atoms with E-state index in [1.54, 1.807) is 0 Å². The SMILES string of the molecule is Cc1nn([C@@H]2CCCC[C@H]2F)c(C)c1C. The summed E-state index contributed by atoms with van der Waals surface area (Å²) in [5.41, 5.74) is 3.36. The van der Waals surface area contributed by atoms with E-state index in [-0.39, 0.29) is 6.04 Å². The normalized spacial score (nSPS) is 26.9. The largest absolute Gasteiger partial charge is 0.263 e. The Bertz CT molecular complexity index is 357. The quantitative estimate of drug-likeness (QED) is 0.695. The Labute approximate surface area is 90.5 Å². The van der Waals surface area contributed by atoms with Crippen LogP contribution in [0, 0.1) is 20.8 Å². The van der Waals surface area contributed by atoms with Gasteiger partial charge in [0.15, 0.2) is 0 Å². The first-order chi connectivity index (χ1) is 7.11. The lowest BCUT2D eigenvalue weighted by Gasteiger charge is -2.27. The molecule has 0 amide bonds. The molecule has 0 saturated heterocycles. The molecule has 0 N–H and O–H groups in total. The minimum atomic E-state index is -0.712. The molecular formula is C12H19FN2. The van der Waals surface area contributed by atoms with Gasteiger partial charge in [-0.05, 0) is 39.2 Å². The molecule has 1 aliphatic carbocycles.